The molecule has 9 nitrogen and oxygen atoms in total. The van der Waals surface area contributed by atoms with Crippen molar-refractivity contribution in [2.75, 3.05) is 6.61 Å². The zero-order valence-electron chi connectivity index (χ0n) is 17.5. The Balaban J connectivity index is 1.93. The smallest absolute Gasteiger partial charge is 0.333 e. The maximum Gasteiger partial charge on any atom is 0.333 e. The number of carbonyl (C=O) groups is 1. The maximum atomic E-state index is 12.2. The molecule has 1 aromatic rings. The molecule has 2 rings (SSSR count). The Kier molecular flexibility index (Phi) is 8.60. The predicted molar refractivity (Wildman–Crippen MR) is 110 cm³/mol. The van der Waals surface area contributed by atoms with Gasteiger partial charge in [0.2, 0.25) is 6.29 Å². The highest BCUT2D eigenvalue weighted by atomic mass is 16.7. The lowest BCUT2D eigenvalue weighted by Crippen LogP contribution is -2.60. The molecule has 6 atom stereocenters. The number of esters is 1. The Labute approximate surface area is 180 Å². The number of phenols is 1. The molecule has 5 N–H and O–H groups in total. The SMILES string of the molecule is C=C[C@@](C)(O)CC/C=C(\C)C(=O)OC[C@H]1O[C@@H](Oc2ccc(O)cc2)[C@@H](O)[C@@H](O)[C@@H]1O. The van der Waals surface area contributed by atoms with Crippen molar-refractivity contribution in [2.24, 2.45) is 0 Å². The lowest BCUT2D eigenvalue weighted by Gasteiger charge is -2.39. The van der Waals surface area contributed by atoms with Crippen molar-refractivity contribution < 1.29 is 44.5 Å². The molecule has 9 heteroatoms. The second-order valence-electron chi connectivity index (χ2n) is 7.71. The average molecular weight is 438 g/mol. The van der Waals surface area contributed by atoms with Gasteiger partial charge in [0, 0.05) is 5.57 Å². The van der Waals surface area contributed by atoms with Gasteiger partial charge in [-0.3, -0.25) is 0 Å². The molecule has 0 unspecified atom stereocenters. The first-order valence-electron chi connectivity index (χ1n) is 9.89. The van der Waals surface area contributed by atoms with Crippen LogP contribution in [0.15, 0.2) is 48.6 Å². The largest absolute Gasteiger partial charge is 0.508 e. The van der Waals surface area contributed by atoms with Crippen LogP contribution in [0.2, 0.25) is 0 Å². The molecule has 0 saturated carbocycles. The number of carbonyl (C=O) groups excluding carboxylic acids is 1. The molecule has 0 bridgehead atoms. The van der Waals surface area contributed by atoms with Gasteiger partial charge in [0.05, 0.1) is 5.60 Å². The summed E-state index contributed by atoms with van der Waals surface area (Å²) in [6.45, 7) is 6.33. The van der Waals surface area contributed by atoms with Crippen LogP contribution >= 0.6 is 0 Å². The highest BCUT2D eigenvalue weighted by Crippen LogP contribution is 2.26. The van der Waals surface area contributed by atoms with Gasteiger partial charge in [0.25, 0.3) is 0 Å². The zero-order chi connectivity index (χ0) is 23.2. The standard InChI is InChI=1S/C22H30O9/c1-4-22(3,28)11-5-6-13(2)20(27)29-12-16-17(24)18(25)19(26)21(31-16)30-15-9-7-14(23)8-10-15/h4,6-10,16-19,21,23-26,28H,1,5,11-12H2,2-3H3/b13-6+/t16-,17-,18+,19+,21-,22-/m1/s1. The number of hydrogen-bond acceptors (Lipinski definition) is 9. The minimum atomic E-state index is -1.59. The molecule has 0 aliphatic carbocycles. The number of hydrogen-bond donors (Lipinski definition) is 5. The van der Waals surface area contributed by atoms with Gasteiger partial charge in [-0.25, -0.2) is 4.79 Å². The fraction of sp³-hybridized carbons (Fsp3) is 0.500. The Bertz CT molecular complexity index is 772. The van der Waals surface area contributed by atoms with Gasteiger partial charge in [-0.15, -0.1) is 6.58 Å². The van der Waals surface area contributed by atoms with Crippen LogP contribution in [0.5, 0.6) is 11.5 Å². The summed E-state index contributed by atoms with van der Waals surface area (Å²) in [6.07, 6.45) is -3.26. The molecule has 1 aromatic carbocycles. The molecule has 0 radical (unpaired) electrons. The van der Waals surface area contributed by atoms with E-state index >= 15 is 0 Å². The molecule has 1 saturated heterocycles. The van der Waals surface area contributed by atoms with E-state index in [1.165, 1.54) is 30.3 Å². The van der Waals surface area contributed by atoms with E-state index in [0.717, 1.165) is 0 Å². The molecule has 1 aliphatic heterocycles. The maximum absolute atomic E-state index is 12.2. The van der Waals surface area contributed by atoms with Crippen LogP contribution in [0.1, 0.15) is 26.7 Å². The summed E-state index contributed by atoms with van der Waals surface area (Å²) in [5, 5.41) is 49.6. The number of aromatic hydroxyl groups is 1. The third-order valence-corrected chi connectivity index (χ3v) is 5.00. The summed E-state index contributed by atoms with van der Waals surface area (Å²) in [6, 6.07) is 5.63. The normalized spacial score (nSPS) is 28.5. The molecule has 0 amide bonds. The number of aliphatic hydroxyl groups excluding tert-OH is 3. The van der Waals surface area contributed by atoms with Gasteiger partial charge >= 0.3 is 5.97 Å². The molecule has 0 aromatic heterocycles. The van der Waals surface area contributed by atoms with Crippen LogP contribution < -0.4 is 4.74 Å². The van der Waals surface area contributed by atoms with Gasteiger partial charge < -0.3 is 39.7 Å². The summed E-state index contributed by atoms with van der Waals surface area (Å²) < 4.78 is 16.1. The topological polar surface area (TPSA) is 146 Å². The first kappa shape index (κ1) is 24.8. The minimum absolute atomic E-state index is 0.0224. The number of phenolic OH excluding ortho intramolecular Hbond substituents is 1. The molecule has 1 heterocycles. The summed E-state index contributed by atoms with van der Waals surface area (Å²) >= 11 is 0. The van der Waals surface area contributed by atoms with E-state index in [-0.39, 0.29) is 18.1 Å². The van der Waals surface area contributed by atoms with Crippen LogP contribution in [-0.2, 0) is 14.3 Å². The van der Waals surface area contributed by atoms with Crippen molar-refractivity contribution in [3.8, 4) is 11.5 Å². The van der Waals surface area contributed by atoms with Gasteiger partial charge in [-0.1, -0.05) is 12.2 Å². The Morgan fingerprint density at radius 3 is 2.45 bits per heavy atom. The van der Waals surface area contributed by atoms with Gasteiger partial charge in [-0.2, -0.15) is 0 Å². The van der Waals surface area contributed by atoms with Crippen molar-refractivity contribution in [3.05, 3.63) is 48.6 Å². The van der Waals surface area contributed by atoms with Gasteiger partial charge in [-0.05, 0) is 51.0 Å². The zero-order valence-corrected chi connectivity index (χ0v) is 17.5. The summed E-state index contributed by atoms with van der Waals surface area (Å²) in [4.78, 5) is 12.2. The third-order valence-electron chi connectivity index (χ3n) is 5.00. The third kappa shape index (κ3) is 7.05. The second-order valence-corrected chi connectivity index (χ2v) is 7.71. The molecule has 0 spiro atoms. The first-order valence-corrected chi connectivity index (χ1v) is 9.89. The van der Waals surface area contributed by atoms with Crippen molar-refractivity contribution >= 4 is 5.97 Å². The number of benzene rings is 1. The highest BCUT2D eigenvalue weighted by molar-refractivity contribution is 5.87. The van der Waals surface area contributed by atoms with E-state index < -0.39 is 42.3 Å². The molecule has 31 heavy (non-hydrogen) atoms. The second kappa shape index (κ2) is 10.7. The monoisotopic (exact) mass is 438 g/mol. The molecule has 1 fully saturated rings. The molecule has 1 aliphatic rings. The molecular weight excluding hydrogens is 408 g/mol. The Morgan fingerprint density at radius 1 is 1.19 bits per heavy atom. The van der Waals surface area contributed by atoms with Crippen LogP contribution in [0, 0.1) is 0 Å². The summed E-state index contributed by atoms with van der Waals surface area (Å²) in [7, 11) is 0. The first-order chi connectivity index (χ1) is 14.5. The quantitative estimate of drug-likeness (QED) is 0.214. The lowest BCUT2D eigenvalue weighted by molar-refractivity contribution is -0.278. The van der Waals surface area contributed by atoms with E-state index in [1.54, 1.807) is 19.9 Å². The number of rotatable bonds is 9. The van der Waals surface area contributed by atoms with Crippen molar-refractivity contribution in [2.45, 2.75) is 63.0 Å². The van der Waals surface area contributed by atoms with Crippen molar-refractivity contribution in [1.82, 2.24) is 0 Å². The summed E-state index contributed by atoms with van der Waals surface area (Å²) in [5.74, 6) is -0.365. The lowest BCUT2D eigenvalue weighted by atomic mass is 9.99. The van der Waals surface area contributed by atoms with E-state index in [0.29, 0.717) is 18.4 Å². The van der Waals surface area contributed by atoms with Crippen molar-refractivity contribution in [3.63, 3.8) is 0 Å². The van der Waals surface area contributed by atoms with Crippen LogP contribution in [-0.4, -0.2) is 74.4 Å². The Hall–Kier alpha value is -2.43. The molecule has 172 valence electrons. The predicted octanol–water partition coefficient (Wildman–Crippen LogP) is 0.785. The van der Waals surface area contributed by atoms with Gasteiger partial charge in [0.1, 0.15) is 42.5 Å². The highest BCUT2D eigenvalue weighted by Gasteiger charge is 2.45. The van der Waals surface area contributed by atoms with E-state index in [9.17, 15) is 30.3 Å². The van der Waals surface area contributed by atoms with E-state index in [4.69, 9.17) is 14.2 Å². The number of aliphatic hydroxyl groups is 4. The Morgan fingerprint density at radius 2 is 1.84 bits per heavy atom. The van der Waals surface area contributed by atoms with Crippen LogP contribution in [0.4, 0.5) is 0 Å². The van der Waals surface area contributed by atoms with E-state index in [2.05, 4.69) is 6.58 Å². The summed E-state index contributed by atoms with van der Waals surface area (Å²) in [5.41, 5.74) is -0.729. The van der Waals surface area contributed by atoms with Gasteiger partial charge in [0.15, 0.2) is 0 Å². The number of ether oxygens (including phenoxy) is 3. The minimum Gasteiger partial charge on any atom is -0.508 e. The fourth-order valence-corrected chi connectivity index (χ4v) is 2.85. The number of allylic oxidation sites excluding steroid dienone is 1. The average Bonchev–Trinajstić information content (AvgIpc) is 2.74. The van der Waals surface area contributed by atoms with Crippen LogP contribution in [0.25, 0.3) is 0 Å². The van der Waals surface area contributed by atoms with E-state index in [1.807, 2.05) is 0 Å². The van der Waals surface area contributed by atoms with Crippen LogP contribution in [0.3, 0.4) is 0 Å². The fourth-order valence-electron chi connectivity index (χ4n) is 2.85. The van der Waals surface area contributed by atoms with Crippen molar-refractivity contribution in [1.29, 1.82) is 0 Å². The molecular formula is C22H30O9.